The van der Waals surface area contributed by atoms with E-state index < -0.39 is 10.0 Å². The summed E-state index contributed by atoms with van der Waals surface area (Å²) in [5.41, 5.74) is 1.39. The van der Waals surface area contributed by atoms with E-state index in [1.165, 1.54) is 4.31 Å². The van der Waals surface area contributed by atoms with Crippen LogP contribution in [0.3, 0.4) is 0 Å². The van der Waals surface area contributed by atoms with Gasteiger partial charge in [0, 0.05) is 30.7 Å². The second-order valence-corrected chi connectivity index (χ2v) is 10.8. The van der Waals surface area contributed by atoms with Gasteiger partial charge in [-0.15, -0.1) is 0 Å². The van der Waals surface area contributed by atoms with Crippen LogP contribution < -0.4 is 0 Å². The van der Waals surface area contributed by atoms with Crippen molar-refractivity contribution in [1.82, 2.24) is 14.4 Å². The third-order valence-corrected chi connectivity index (χ3v) is 8.85. The van der Waals surface area contributed by atoms with Crippen LogP contribution in [0.25, 0.3) is 0 Å². The van der Waals surface area contributed by atoms with E-state index in [4.69, 9.17) is 16.1 Å². The molecule has 1 aromatic heterocycles. The SMILES string of the molecule is Cc1noc(C)c1S(=O)(=O)N1CCCC(C(=O)N2CCCC2Cc2ccccc2Cl)C1. The third kappa shape index (κ3) is 4.38. The molecule has 9 heteroatoms. The molecule has 0 radical (unpaired) electrons. The number of hydrogen-bond donors (Lipinski definition) is 0. The third-order valence-electron chi connectivity index (χ3n) is 6.37. The number of piperidine rings is 1. The Kier molecular flexibility index (Phi) is 6.42. The van der Waals surface area contributed by atoms with Gasteiger partial charge in [-0.2, -0.15) is 4.31 Å². The molecule has 2 aliphatic rings. The van der Waals surface area contributed by atoms with Crippen LogP contribution in [0.2, 0.25) is 5.02 Å². The summed E-state index contributed by atoms with van der Waals surface area (Å²) in [6.07, 6.45) is 3.96. The first kappa shape index (κ1) is 22.3. The average Bonchev–Trinajstić information content (AvgIpc) is 3.35. The highest BCUT2D eigenvalue weighted by molar-refractivity contribution is 7.89. The van der Waals surface area contributed by atoms with Crippen molar-refractivity contribution >= 4 is 27.5 Å². The Morgan fingerprint density at radius 3 is 2.65 bits per heavy atom. The molecule has 0 N–H and O–H groups in total. The van der Waals surface area contributed by atoms with Crippen LogP contribution in [-0.4, -0.2) is 54.4 Å². The molecule has 7 nitrogen and oxygen atoms in total. The maximum Gasteiger partial charge on any atom is 0.248 e. The minimum absolute atomic E-state index is 0.0493. The van der Waals surface area contributed by atoms with Crippen LogP contribution >= 0.6 is 11.6 Å². The van der Waals surface area contributed by atoms with Gasteiger partial charge in [-0.05, 0) is 57.6 Å². The van der Waals surface area contributed by atoms with Gasteiger partial charge in [-0.3, -0.25) is 4.79 Å². The summed E-state index contributed by atoms with van der Waals surface area (Å²) in [6, 6.07) is 7.83. The van der Waals surface area contributed by atoms with Crippen molar-refractivity contribution in [2.75, 3.05) is 19.6 Å². The molecule has 2 aromatic rings. The first-order valence-electron chi connectivity index (χ1n) is 10.8. The van der Waals surface area contributed by atoms with Crippen LogP contribution in [0, 0.1) is 19.8 Å². The molecule has 168 valence electrons. The zero-order valence-corrected chi connectivity index (χ0v) is 19.5. The summed E-state index contributed by atoms with van der Waals surface area (Å²) in [5, 5.41) is 4.50. The van der Waals surface area contributed by atoms with Crippen LogP contribution in [0.1, 0.15) is 42.7 Å². The fraction of sp³-hybridized carbons (Fsp3) is 0.545. The second-order valence-electron chi connectivity index (χ2n) is 8.48. The Labute approximate surface area is 188 Å². The van der Waals surface area contributed by atoms with Gasteiger partial charge in [0.1, 0.15) is 10.6 Å². The van der Waals surface area contributed by atoms with E-state index in [1.807, 2.05) is 29.2 Å². The Morgan fingerprint density at radius 1 is 1.19 bits per heavy atom. The summed E-state index contributed by atoms with van der Waals surface area (Å²) >= 11 is 6.33. The van der Waals surface area contributed by atoms with Crippen molar-refractivity contribution in [1.29, 1.82) is 0 Å². The minimum Gasteiger partial charge on any atom is -0.360 e. The largest absolute Gasteiger partial charge is 0.360 e. The molecule has 31 heavy (non-hydrogen) atoms. The number of aryl methyl sites for hydroxylation is 2. The molecular formula is C22H28ClN3O4S. The summed E-state index contributed by atoms with van der Waals surface area (Å²) in [5.74, 6) is -0.00523. The van der Waals surface area contributed by atoms with Gasteiger partial charge in [-0.25, -0.2) is 8.42 Å². The van der Waals surface area contributed by atoms with E-state index >= 15 is 0 Å². The van der Waals surface area contributed by atoms with Crippen molar-refractivity contribution in [2.45, 2.75) is 56.9 Å². The van der Waals surface area contributed by atoms with E-state index in [0.717, 1.165) is 29.8 Å². The Balaban J connectivity index is 1.49. The number of carbonyl (C=O) groups is 1. The lowest BCUT2D eigenvalue weighted by atomic mass is 9.96. The first-order chi connectivity index (χ1) is 14.8. The lowest BCUT2D eigenvalue weighted by Gasteiger charge is -2.35. The summed E-state index contributed by atoms with van der Waals surface area (Å²) in [7, 11) is -3.75. The van der Waals surface area contributed by atoms with Crippen LogP contribution in [-0.2, 0) is 21.2 Å². The van der Waals surface area contributed by atoms with Gasteiger partial charge in [0.15, 0.2) is 5.76 Å². The van der Waals surface area contributed by atoms with E-state index in [0.29, 0.717) is 31.6 Å². The fourth-order valence-corrected chi connectivity index (χ4v) is 6.85. The molecule has 4 rings (SSSR count). The number of rotatable bonds is 5. The lowest BCUT2D eigenvalue weighted by Crippen LogP contribution is -2.48. The average molecular weight is 466 g/mol. The molecule has 2 atom stereocenters. The highest BCUT2D eigenvalue weighted by atomic mass is 35.5. The molecule has 2 aliphatic heterocycles. The normalized spacial score (nSPS) is 22.7. The summed E-state index contributed by atoms with van der Waals surface area (Å²) in [4.78, 5) is 15.5. The van der Waals surface area contributed by atoms with E-state index in [2.05, 4.69) is 5.16 Å². The highest BCUT2D eigenvalue weighted by Gasteiger charge is 2.39. The monoisotopic (exact) mass is 465 g/mol. The van der Waals surface area contributed by atoms with Crippen LogP contribution in [0.15, 0.2) is 33.7 Å². The fourth-order valence-electron chi connectivity index (χ4n) is 4.82. The standard InChI is InChI=1S/C22H28ClN3O4S/c1-15-21(16(2)30-24-15)31(28,29)25-11-5-8-18(14-25)22(27)26-12-6-9-19(26)13-17-7-3-4-10-20(17)23/h3-4,7,10,18-19H,5-6,8-9,11-14H2,1-2H3. The predicted octanol–water partition coefficient (Wildman–Crippen LogP) is 3.58. The molecular weight excluding hydrogens is 438 g/mol. The Morgan fingerprint density at radius 2 is 1.94 bits per heavy atom. The Hall–Kier alpha value is -1.90. The lowest BCUT2D eigenvalue weighted by molar-refractivity contribution is -0.137. The molecule has 2 saturated heterocycles. The van der Waals surface area contributed by atoms with Gasteiger partial charge >= 0.3 is 0 Å². The molecule has 0 spiro atoms. The van der Waals surface area contributed by atoms with Crippen molar-refractivity contribution in [3.63, 3.8) is 0 Å². The zero-order valence-electron chi connectivity index (χ0n) is 17.9. The molecule has 0 aliphatic carbocycles. The van der Waals surface area contributed by atoms with E-state index in [-0.39, 0.29) is 35.1 Å². The molecule has 1 aromatic carbocycles. The maximum atomic E-state index is 13.4. The minimum atomic E-state index is -3.75. The topological polar surface area (TPSA) is 83.7 Å². The number of aromatic nitrogens is 1. The number of sulfonamides is 1. The van der Waals surface area contributed by atoms with E-state index in [9.17, 15) is 13.2 Å². The molecule has 2 unspecified atom stereocenters. The maximum absolute atomic E-state index is 13.4. The zero-order chi connectivity index (χ0) is 22.2. The number of amides is 1. The predicted molar refractivity (Wildman–Crippen MR) is 117 cm³/mol. The number of carbonyl (C=O) groups excluding carboxylic acids is 1. The summed E-state index contributed by atoms with van der Waals surface area (Å²) < 4.78 is 32.9. The van der Waals surface area contributed by atoms with Crippen molar-refractivity contribution in [3.05, 3.63) is 46.3 Å². The number of halogens is 1. The first-order valence-corrected chi connectivity index (χ1v) is 12.6. The van der Waals surface area contributed by atoms with Gasteiger partial charge in [0.25, 0.3) is 0 Å². The van der Waals surface area contributed by atoms with Gasteiger partial charge in [0.2, 0.25) is 15.9 Å². The van der Waals surface area contributed by atoms with Gasteiger partial charge in [-0.1, -0.05) is 35.0 Å². The Bertz CT molecular complexity index is 1050. The molecule has 2 fully saturated rings. The molecule has 1 amide bonds. The van der Waals surface area contributed by atoms with Crippen LogP contribution in [0.5, 0.6) is 0 Å². The summed E-state index contributed by atoms with van der Waals surface area (Å²) in [6.45, 7) is 4.53. The number of benzene rings is 1. The number of hydrogen-bond acceptors (Lipinski definition) is 5. The molecule has 0 bridgehead atoms. The van der Waals surface area contributed by atoms with Crippen molar-refractivity contribution < 1.29 is 17.7 Å². The van der Waals surface area contributed by atoms with Crippen molar-refractivity contribution in [3.8, 4) is 0 Å². The van der Waals surface area contributed by atoms with E-state index in [1.54, 1.807) is 13.8 Å². The van der Waals surface area contributed by atoms with Crippen LogP contribution in [0.4, 0.5) is 0 Å². The van der Waals surface area contributed by atoms with Crippen molar-refractivity contribution in [2.24, 2.45) is 5.92 Å². The van der Waals surface area contributed by atoms with Gasteiger partial charge in [0.05, 0.1) is 5.92 Å². The highest BCUT2D eigenvalue weighted by Crippen LogP contribution is 2.31. The number of likely N-dealkylation sites (tertiary alicyclic amines) is 1. The molecule has 0 saturated carbocycles. The second kappa shape index (κ2) is 8.92. The van der Waals surface area contributed by atoms with Gasteiger partial charge < -0.3 is 9.42 Å². The smallest absolute Gasteiger partial charge is 0.248 e. The number of nitrogens with zero attached hydrogens (tertiary/aromatic N) is 3. The quantitative estimate of drug-likeness (QED) is 0.673. The molecule has 3 heterocycles.